The highest BCUT2D eigenvalue weighted by Crippen LogP contribution is 2.15. The number of benzene rings is 2. The zero-order valence-electron chi connectivity index (χ0n) is 17.6. The molecule has 4 nitrogen and oxygen atoms in total. The number of unbranched alkanes of at least 4 members (excludes halogenated alkanes) is 1. The van der Waals surface area contributed by atoms with Crippen LogP contribution in [0.5, 0.6) is 0 Å². The molecule has 3 rings (SSSR count). The Morgan fingerprint density at radius 1 is 0.897 bits per heavy atom. The molecular weight excluding hydrogens is 360 g/mol. The molecule has 0 radical (unpaired) electrons. The molecule has 0 aliphatic carbocycles. The van der Waals surface area contributed by atoms with E-state index in [9.17, 15) is 9.59 Å². The lowest BCUT2D eigenvalue weighted by Crippen LogP contribution is -2.46. The van der Waals surface area contributed by atoms with Crippen LogP contribution in [-0.2, 0) is 11.2 Å². The topological polar surface area (TPSA) is 49.4 Å². The Hall–Kier alpha value is -2.62. The standard InChI is InChI=1S/C25H32N2O2/c1-19-7-11-21(12-8-19)5-3-4-6-24(28)26-23-15-17-27(18-16-23)25(29)22-13-9-20(2)10-14-22/h7-14,23H,3-6,15-18H2,1-2H3,(H,26,28). The molecule has 2 amide bonds. The van der Waals surface area contributed by atoms with Gasteiger partial charge in [0.05, 0.1) is 0 Å². The highest BCUT2D eigenvalue weighted by atomic mass is 16.2. The van der Waals surface area contributed by atoms with Gasteiger partial charge in [-0.2, -0.15) is 0 Å². The summed E-state index contributed by atoms with van der Waals surface area (Å²) in [6.45, 7) is 5.51. The number of carbonyl (C=O) groups excluding carboxylic acids is 2. The van der Waals surface area contributed by atoms with Gasteiger partial charge in [0.25, 0.3) is 5.91 Å². The average molecular weight is 393 g/mol. The molecule has 4 heteroatoms. The number of likely N-dealkylation sites (tertiary alicyclic amines) is 1. The Labute approximate surface area is 174 Å². The summed E-state index contributed by atoms with van der Waals surface area (Å²) in [5, 5.41) is 3.15. The van der Waals surface area contributed by atoms with Gasteiger partial charge in [0.1, 0.15) is 0 Å². The van der Waals surface area contributed by atoms with E-state index in [-0.39, 0.29) is 17.9 Å². The van der Waals surface area contributed by atoms with Crippen molar-refractivity contribution >= 4 is 11.8 Å². The molecule has 1 aliphatic rings. The molecule has 2 aromatic rings. The van der Waals surface area contributed by atoms with Gasteiger partial charge in [-0.3, -0.25) is 9.59 Å². The first-order chi connectivity index (χ1) is 14.0. The molecule has 0 atom stereocenters. The molecule has 0 saturated carbocycles. The van der Waals surface area contributed by atoms with Crippen LogP contribution in [-0.4, -0.2) is 35.8 Å². The van der Waals surface area contributed by atoms with E-state index in [1.807, 2.05) is 36.1 Å². The molecule has 0 unspecified atom stereocenters. The Balaban J connectivity index is 1.33. The number of nitrogens with zero attached hydrogens (tertiary/aromatic N) is 1. The van der Waals surface area contributed by atoms with Crippen LogP contribution in [0.2, 0.25) is 0 Å². The fourth-order valence-corrected chi connectivity index (χ4v) is 3.77. The van der Waals surface area contributed by atoms with Gasteiger partial charge < -0.3 is 10.2 Å². The number of amides is 2. The summed E-state index contributed by atoms with van der Waals surface area (Å²) in [7, 11) is 0. The molecule has 0 spiro atoms. The van der Waals surface area contributed by atoms with Gasteiger partial charge in [-0.1, -0.05) is 47.5 Å². The minimum atomic E-state index is 0.0888. The molecule has 1 fully saturated rings. The average Bonchev–Trinajstić information content (AvgIpc) is 2.73. The highest BCUT2D eigenvalue weighted by molar-refractivity contribution is 5.94. The number of hydrogen-bond acceptors (Lipinski definition) is 2. The lowest BCUT2D eigenvalue weighted by Gasteiger charge is -2.32. The van der Waals surface area contributed by atoms with Crippen molar-refractivity contribution in [3.8, 4) is 0 Å². The molecule has 1 heterocycles. The summed E-state index contributed by atoms with van der Waals surface area (Å²) in [5.74, 6) is 0.225. The predicted octanol–water partition coefficient (Wildman–Crippen LogP) is 4.44. The molecule has 1 saturated heterocycles. The Kier molecular flexibility index (Phi) is 7.45. The lowest BCUT2D eigenvalue weighted by molar-refractivity contribution is -0.122. The summed E-state index contributed by atoms with van der Waals surface area (Å²) in [6, 6.07) is 16.5. The smallest absolute Gasteiger partial charge is 0.253 e. The number of piperidine rings is 1. The van der Waals surface area contributed by atoms with Gasteiger partial charge in [0.15, 0.2) is 0 Å². The fourth-order valence-electron chi connectivity index (χ4n) is 3.77. The van der Waals surface area contributed by atoms with Gasteiger partial charge in [0, 0.05) is 31.1 Å². The third-order valence-corrected chi connectivity index (χ3v) is 5.69. The maximum atomic E-state index is 12.6. The molecule has 0 aromatic heterocycles. The summed E-state index contributed by atoms with van der Waals surface area (Å²) in [4.78, 5) is 26.7. The van der Waals surface area contributed by atoms with Crippen molar-refractivity contribution in [2.45, 2.75) is 58.4 Å². The van der Waals surface area contributed by atoms with Crippen molar-refractivity contribution in [2.24, 2.45) is 0 Å². The van der Waals surface area contributed by atoms with E-state index in [0.29, 0.717) is 19.5 Å². The maximum absolute atomic E-state index is 12.6. The first-order valence-corrected chi connectivity index (χ1v) is 10.7. The lowest BCUT2D eigenvalue weighted by atomic mass is 10.0. The second kappa shape index (κ2) is 10.2. The molecule has 1 N–H and O–H groups in total. The summed E-state index contributed by atoms with van der Waals surface area (Å²) in [5.41, 5.74) is 4.51. The van der Waals surface area contributed by atoms with Crippen LogP contribution in [0.4, 0.5) is 0 Å². The van der Waals surface area contributed by atoms with Gasteiger partial charge in [-0.15, -0.1) is 0 Å². The summed E-state index contributed by atoms with van der Waals surface area (Å²) in [6.07, 6.45) is 5.19. The van der Waals surface area contributed by atoms with E-state index in [0.717, 1.165) is 43.2 Å². The van der Waals surface area contributed by atoms with E-state index in [2.05, 4.69) is 36.5 Å². The SMILES string of the molecule is Cc1ccc(CCCCC(=O)NC2CCN(C(=O)c3ccc(C)cc3)CC2)cc1. The molecule has 2 aromatic carbocycles. The zero-order valence-corrected chi connectivity index (χ0v) is 17.6. The predicted molar refractivity (Wildman–Crippen MR) is 117 cm³/mol. The van der Waals surface area contributed by atoms with Crippen LogP contribution >= 0.6 is 0 Å². The zero-order chi connectivity index (χ0) is 20.6. The van der Waals surface area contributed by atoms with E-state index < -0.39 is 0 Å². The van der Waals surface area contributed by atoms with Crippen LogP contribution < -0.4 is 5.32 Å². The number of carbonyl (C=O) groups is 2. The first kappa shape index (κ1) is 21.1. The fraction of sp³-hybridized carbons (Fsp3) is 0.440. The van der Waals surface area contributed by atoms with Crippen LogP contribution in [0, 0.1) is 13.8 Å². The van der Waals surface area contributed by atoms with Gasteiger partial charge >= 0.3 is 0 Å². The normalized spacial score (nSPS) is 14.6. The third-order valence-electron chi connectivity index (χ3n) is 5.69. The van der Waals surface area contributed by atoms with E-state index in [1.54, 1.807) is 0 Å². The first-order valence-electron chi connectivity index (χ1n) is 10.7. The summed E-state index contributed by atoms with van der Waals surface area (Å²) >= 11 is 0. The van der Waals surface area contributed by atoms with E-state index in [4.69, 9.17) is 0 Å². The number of rotatable bonds is 7. The minimum absolute atomic E-state index is 0.0888. The number of nitrogens with one attached hydrogen (secondary N) is 1. The van der Waals surface area contributed by atoms with Crippen LogP contribution in [0.1, 0.15) is 59.2 Å². The van der Waals surface area contributed by atoms with Crippen molar-refractivity contribution in [2.75, 3.05) is 13.1 Å². The van der Waals surface area contributed by atoms with Gasteiger partial charge in [-0.25, -0.2) is 0 Å². The monoisotopic (exact) mass is 392 g/mol. The number of aryl methyl sites for hydroxylation is 3. The molecule has 1 aliphatic heterocycles. The molecular formula is C25H32N2O2. The van der Waals surface area contributed by atoms with Crippen molar-refractivity contribution in [3.05, 3.63) is 70.8 Å². The third kappa shape index (κ3) is 6.45. The summed E-state index contributed by atoms with van der Waals surface area (Å²) < 4.78 is 0. The maximum Gasteiger partial charge on any atom is 0.253 e. The molecule has 0 bridgehead atoms. The van der Waals surface area contributed by atoms with Crippen LogP contribution in [0.25, 0.3) is 0 Å². The van der Waals surface area contributed by atoms with E-state index >= 15 is 0 Å². The van der Waals surface area contributed by atoms with Crippen molar-refractivity contribution in [1.29, 1.82) is 0 Å². The second-order valence-corrected chi connectivity index (χ2v) is 8.19. The van der Waals surface area contributed by atoms with Crippen LogP contribution in [0.3, 0.4) is 0 Å². The molecule has 29 heavy (non-hydrogen) atoms. The van der Waals surface area contributed by atoms with Crippen molar-refractivity contribution in [1.82, 2.24) is 10.2 Å². The van der Waals surface area contributed by atoms with Crippen molar-refractivity contribution < 1.29 is 9.59 Å². The Morgan fingerprint density at radius 2 is 1.48 bits per heavy atom. The minimum Gasteiger partial charge on any atom is -0.353 e. The number of hydrogen-bond donors (Lipinski definition) is 1. The van der Waals surface area contributed by atoms with Gasteiger partial charge in [-0.05, 0) is 63.6 Å². The van der Waals surface area contributed by atoms with Crippen molar-refractivity contribution in [3.63, 3.8) is 0 Å². The molecule has 154 valence electrons. The van der Waals surface area contributed by atoms with Crippen LogP contribution in [0.15, 0.2) is 48.5 Å². The second-order valence-electron chi connectivity index (χ2n) is 8.19. The highest BCUT2D eigenvalue weighted by Gasteiger charge is 2.24. The Bertz CT molecular complexity index is 804. The van der Waals surface area contributed by atoms with E-state index in [1.165, 1.54) is 11.1 Å². The Morgan fingerprint density at radius 3 is 2.10 bits per heavy atom. The van der Waals surface area contributed by atoms with Gasteiger partial charge in [0.2, 0.25) is 5.91 Å². The quantitative estimate of drug-likeness (QED) is 0.708. The largest absolute Gasteiger partial charge is 0.353 e.